The zero-order valence-electron chi connectivity index (χ0n) is 66.8. The van der Waals surface area contributed by atoms with Crippen molar-refractivity contribution in [2.45, 2.75) is 229 Å². The first-order chi connectivity index (χ1) is 55.7. The molecule has 2 aliphatic heterocycles. The Morgan fingerprint density at radius 1 is 0.563 bits per heavy atom. The maximum absolute atomic E-state index is 14.6. The van der Waals surface area contributed by atoms with Crippen molar-refractivity contribution in [2.24, 2.45) is 45.2 Å². The number of primary amides is 2. The number of nitrogens with zero attached hydrogens (tertiary/aromatic N) is 1. The van der Waals surface area contributed by atoms with Crippen LogP contribution in [0.5, 0.6) is 0 Å². The van der Waals surface area contributed by atoms with Gasteiger partial charge in [0, 0.05) is 37.1 Å². The summed E-state index contributed by atoms with van der Waals surface area (Å²) in [7, 11) is 0. The highest BCUT2D eigenvalue weighted by Crippen LogP contribution is 2.58. The van der Waals surface area contributed by atoms with E-state index in [2.05, 4.69) is 90.1 Å². The first-order valence-corrected chi connectivity index (χ1v) is 39.8. The van der Waals surface area contributed by atoms with Crippen LogP contribution in [-0.2, 0) is 92.7 Å². The molecule has 0 aromatic carbocycles. The van der Waals surface area contributed by atoms with Crippen LogP contribution in [0.3, 0.4) is 0 Å². The van der Waals surface area contributed by atoms with Crippen molar-refractivity contribution in [1.29, 1.82) is 10.8 Å². The number of nitrogens with two attached hydrogens (primary N) is 4. The Kier molecular flexibility index (Phi) is 39.2. The SMILES string of the molecule is CCC1(C)C[C@]12NC(=O)[C@H](CO)NC(=O)[C@H](CO)NC(=O)[C@H](CC(C)C)NC(=O)[C@H]([C@@H](C)O)NC(=O)[C@H]([C@@H](C)O)NC(=O)[C@@H]1CSC(=N1)c1cc(cs1)C[C@@H](C(N)=O)NC(=O)[C@H](CCCNC(=N)N)NC(=O)[C@H](CCCNC(=N)N)NC(=O)[C@H](CC(=O)O)NC(=O)[C@H](C(C)C)NC(=O)[C@H](CCC(N)=O)NC(=O)[C@H](CC(=O)O)NC(=O)CNC2=O. The van der Waals surface area contributed by atoms with E-state index < -0.39 is 277 Å². The van der Waals surface area contributed by atoms with E-state index in [0.717, 1.165) is 36.9 Å². The summed E-state index contributed by atoms with van der Waals surface area (Å²) in [4.78, 5) is 253. The monoisotopic (exact) mass is 1720 g/mol. The molecule has 0 radical (unpaired) electrons. The summed E-state index contributed by atoms with van der Waals surface area (Å²) in [6, 6.07) is -21.6. The summed E-state index contributed by atoms with van der Waals surface area (Å²) in [5.74, 6) is -24.6. The summed E-state index contributed by atoms with van der Waals surface area (Å²) in [6.07, 6.45) is -8.33. The molecule has 662 valence electrons. The fraction of sp³-hybridized carbons (Fsp3) is 0.643. The predicted octanol–water partition coefficient (Wildman–Crippen LogP) is -10.5. The molecule has 49 heteroatoms. The van der Waals surface area contributed by atoms with Gasteiger partial charge in [0.15, 0.2) is 11.9 Å². The molecule has 119 heavy (non-hydrogen) atoms. The normalized spacial score (nSPS) is 27.6. The zero-order chi connectivity index (χ0) is 89.7. The molecule has 47 nitrogen and oxygen atoms in total. The molecular formula is C70H111N23O24S2. The third kappa shape index (κ3) is 31.1. The number of amides is 16. The zero-order valence-corrected chi connectivity index (χ0v) is 68.4. The number of rotatable bonds is 24. The van der Waals surface area contributed by atoms with Crippen molar-refractivity contribution in [3.8, 4) is 0 Å². The molecule has 17 atom stereocenters. The lowest BCUT2D eigenvalue weighted by Gasteiger charge is -2.29. The molecule has 4 bridgehead atoms. The van der Waals surface area contributed by atoms with Crippen molar-refractivity contribution < 1.29 is 117 Å². The summed E-state index contributed by atoms with van der Waals surface area (Å²) in [5, 5.41) is 117. The van der Waals surface area contributed by atoms with Crippen LogP contribution in [0.4, 0.5) is 0 Å². The van der Waals surface area contributed by atoms with Crippen LogP contribution >= 0.6 is 23.1 Å². The Bertz CT molecular complexity index is 3960. The summed E-state index contributed by atoms with van der Waals surface area (Å²) in [6.45, 7) is 7.86. The Morgan fingerprint density at radius 3 is 1.46 bits per heavy atom. The summed E-state index contributed by atoms with van der Waals surface area (Å²) >= 11 is 2.18. The van der Waals surface area contributed by atoms with E-state index in [1.165, 1.54) is 13.8 Å². The first kappa shape index (κ1) is 99.9. The van der Waals surface area contributed by atoms with Gasteiger partial charge in [-0.25, -0.2) is 0 Å². The number of hydrogen-bond acceptors (Lipinski definition) is 27. The highest BCUT2D eigenvalue weighted by atomic mass is 32.2. The number of aliphatic carboxylic acids is 2. The Hall–Kier alpha value is -11.4. The molecule has 1 aromatic rings. The highest BCUT2D eigenvalue weighted by Gasteiger charge is 2.69. The van der Waals surface area contributed by atoms with Gasteiger partial charge < -0.3 is 139 Å². The van der Waals surface area contributed by atoms with Crippen LogP contribution < -0.4 is 108 Å². The molecule has 1 unspecified atom stereocenters. The fourth-order valence-corrected chi connectivity index (χ4v) is 14.5. The van der Waals surface area contributed by atoms with Crippen molar-refractivity contribution in [1.82, 2.24) is 85.1 Å². The topological polar surface area (TPSA) is 785 Å². The van der Waals surface area contributed by atoms with Crippen LogP contribution in [0, 0.1) is 28.1 Å². The smallest absolute Gasteiger partial charge is 0.305 e. The molecule has 1 saturated carbocycles. The van der Waals surface area contributed by atoms with Crippen molar-refractivity contribution in [2.75, 3.05) is 38.6 Å². The van der Waals surface area contributed by atoms with Crippen molar-refractivity contribution in [3.63, 3.8) is 0 Å². The Morgan fingerprint density at radius 2 is 0.992 bits per heavy atom. The van der Waals surface area contributed by atoms with Crippen LogP contribution in [0.15, 0.2) is 16.4 Å². The van der Waals surface area contributed by atoms with Crippen LogP contribution in [0.1, 0.15) is 136 Å². The van der Waals surface area contributed by atoms with E-state index in [9.17, 15) is 117 Å². The van der Waals surface area contributed by atoms with Crippen molar-refractivity contribution in [3.05, 3.63) is 21.9 Å². The molecule has 32 N–H and O–H groups in total. The maximum Gasteiger partial charge on any atom is 0.305 e. The molecule has 3 heterocycles. The van der Waals surface area contributed by atoms with E-state index in [4.69, 9.17) is 33.8 Å². The minimum Gasteiger partial charge on any atom is -0.481 e. The number of carbonyl (C=O) groups excluding carboxylic acids is 16. The molecule has 1 aromatic heterocycles. The third-order valence-electron chi connectivity index (χ3n) is 19.3. The molecule has 1 fully saturated rings. The second-order valence-electron chi connectivity index (χ2n) is 29.8. The van der Waals surface area contributed by atoms with Crippen LogP contribution in [0.25, 0.3) is 0 Å². The number of thiophene rings is 1. The summed E-state index contributed by atoms with van der Waals surface area (Å²) in [5.41, 5.74) is 19.6. The molecule has 16 amide bonds. The highest BCUT2D eigenvalue weighted by molar-refractivity contribution is 8.15. The minimum atomic E-state index is -2.10. The number of fused-ring (bicyclic) bond motifs is 4. The van der Waals surface area contributed by atoms with Gasteiger partial charge in [-0.1, -0.05) is 41.5 Å². The predicted molar refractivity (Wildman–Crippen MR) is 423 cm³/mol. The second kappa shape index (κ2) is 46.6. The number of carboxylic acid groups (broad SMARTS) is 2. The first-order valence-electron chi connectivity index (χ1n) is 38.0. The van der Waals surface area contributed by atoms with Crippen molar-refractivity contribution >= 4 is 147 Å². The number of aliphatic hydroxyl groups is 4. The number of carboxylic acids is 2. The van der Waals surface area contributed by atoms with Gasteiger partial charge in [0.05, 0.1) is 49.7 Å². The number of guanidine groups is 2. The number of aliphatic imine (C=N–C) groups is 1. The molecule has 1 spiro atoms. The lowest BCUT2D eigenvalue weighted by atomic mass is 9.97. The lowest BCUT2D eigenvalue weighted by molar-refractivity contribution is -0.142. The van der Waals surface area contributed by atoms with E-state index in [-0.39, 0.29) is 75.3 Å². The van der Waals surface area contributed by atoms with Gasteiger partial charge in [0.25, 0.3) is 0 Å². The largest absolute Gasteiger partial charge is 0.481 e. The quantitative estimate of drug-likeness (QED) is 0.0260. The fourth-order valence-electron chi connectivity index (χ4n) is 12.4. The van der Waals surface area contributed by atoms with E-state index in [1.807, 2.05) is 0 Å². The summed E-state index contributed by atoms with van der Waals surface area (Å²) < 4.78 is 0. The van der Waals surface area contributed by atoms with Gasteiger partial charge in [-0.3, -0.25) is 102 Å². The molecular weight excluding hydrogens is 1610 g/mol. The Labute approximate surface area is 690 Å². The standard InChI is InChI=1S/C70H111N23O24S2/c1-9-69(8)28-70(69)66(117)79-23-46(99)80-39(21-47(100)101)57(109)83-36(14-15-45(71)98)55(107)90-49(30(4)5)62(114)86-40(22-48(102)103)58(110)82-34(12-10-16-77-67(73)74)53(105)81-35(13-11-17-78-68(75)76)54(106)84-37(52(72)104)19-33-20-44(118-26-33)65-89-43(27-119-65)60(112)91-51(32(7)97)64(116)92-50(31(6)96)63(115)85-38(18-29(2)3)56(108)87-41(24-94)59(111)88-42(25-95)61(113)93-70/h20,26,29-32,34-43,49-51,94-97H,9-19,21-25,27-28H2,1-8H3,(H2,71,98)(H2,72,104)(H,79,117)(H,80,99)(H,81,105)(H,82,110)(H,83,109)(H,84,106)(H,85,115)(H,86,114)(H,87,108)(H,88,111)(H,90,107)(H,91,112)(H,92,116)(H,93,113)(H,100,101)(H,102,103)(H4,73,74,77)(H4,75,76,78)/t31-,32-,34+,35+,36+,37+,38+,39+,40+,41+,42+,43+,49+,50+,51+,69?,70-/m1/s1. The molecule has 0 saturated heterocycles. The Balaban J connectivity index is 1.82. The minimum absolute atomic E-state index is 0.0105. The van der Waals surface area contributed by atoms with E-state index >= 15 is 0 Å². The van der Waals surface area contributed by atoms with Gasteiger partial charge in [0.2, 0.25) is 94.5 Å². The number of nitrogens with one attached hydrogen (secondary N) is 18. The lowest BCUT2D eigenvalue weighted by Crippen LogP contribution is -2.63. The second-order valence-corrected chi connectivity index (χ2v) is 31.7. The van der Waals surface area contributed by atoms with Gasteiger partial charge in [-0.15, -0.1) is 23.1 Å². The average Bonchev–Trinajstić information content (AvgIpc) is 1.54. The number of carbonyl (C=O) groups is 18. The van der Waals surface area contributed by atoms with Gasteiger partial charge >= 0.3 is 11.9 Å². The number of hydrogen-bond donors (Lipinski definition) is 28. The van der Waals surface area contributed by atoms with Crippen LogP contribution in [-0.4, -0.2) is 289 Å². The van der Waals surface area contributed by atoms with Gasteiger partial charge in [-0.2, -0.15) is 0 Å². The van der Waals surface area contributed by atoms with Crippen LogP contribution in [0.2, 0.25) is 0 Å². The molecule has 4 rings (SSSR count). The van der Waals surface area contributed by atoms with E-state index in [0.29, 0.717) is 10.4 Å². The maximum atomic E-state index is 14.6. The van der Waals surface area contributed by atoms with E-state index in [1.54, 1.807) is 39.1 Å². The average molecular weight is 1720 g/mol. The van der Waals surface area contributed by atoms with Gasteiger partial charge in [0.1, 0.15) is 89.1 Å². The number of aliphatic hydroxyl groups excluding tert-OH is 4. The molecule has 1 aliphatic carbocycles. The number of thioether (sulfide) groups is 1. The molecule has 3 aliphatic rings. The third-order valence-corrected chi connectivity index (χ3v) is 21.5. The van der Waals surface area contributed by atoms with Gasteiger partial charge in [-0.05, 0) is 94.1 Å².